The van der Waals surface area contributed by atoms with Gasteiger partial charge in [0.2, 0.25) is 0 Å². The zero-order valence-corrected chi connectivity index (χ0v) is 24.3. The van der Waals surface area contributed by atoms with E-state index in [0.29, 0.717) is 6.42 Å². The van der Waals surface area contributed by atoms with E-state index in [1.807, 2.05) is 48.8 Å². The van der Waals surface area contributed by atoms with Crippen molar-refractivity contribution in [3.8, 4) is 22.3 Å². The van der Waals surface area contributed by atoms with E-state index < -0.39 is 5.41 Å². The van der Waals surface area contributed by atoms with Crippen LogP contribution >= 0.6 is 0 Å². The Kier molecular flexibility index (Phi) is 9.21. The van der Waals surface area contributed by atoms with Crippen LogP contribution in [0.5, 0.6) is 0 Å². The van der Waals surface area contributed by atoms with Crippen LogP contribution in [0.25, 0.3) is 22.3 Å². The van der Waals surface area contributed by atoms with Gasteiger partial charge < -0.3 is 10.2 Å². The molecule has 1 radical (unpaired) electrons. The van der Waals surface area contributed by atoms with Gasteiger partial charge in [-0.3, -0.25) is 9.97 Å². The number of aromatic nitrogens is 2. The zero-order valence-electron chi connectivity index (χ0n) is 21.9. The third-order valence-corrected chi connectivity index (χ3v) is 6.71. The van der Waals surface area contributed by atoms with E-state index >= 15 is 0 Å². The largest absolute Gasteiger partial charge is 0.393 e. The smallest absolute Gasteiger partial charge is 0.0882 e. The fourth-order valence-corrected chi connectivity index (χ4v) is 5.25. The molecule has 0 amide bonds. The summed E-state index contributed by atoms with van der Waals surface area (Å²) in [6, 6.07) is 40.2. The molecule has 2 N–H and O–H groups in total. The summed E-state index contributed by atoms with van der Waals surface area (Å²) in [5.74, 6) is 0. The Morgan fingerprint density at radius 3 is 2.10 bits per heavy atom. The molecule has 2 unspecified atom stereocenters. The second kappa shape index (κ2) is 12.6. The number of hydrogen-bond donors (Lipinski definition) is 2. The van der Waals surface area contributed by atoms with Crippen molar-refractivity contribution in [3.63, 3.8) is 0 Å². The minimum Gasteiger partial charge on any atom is -0.393 e. The second-order valence-corrected chi connectivity index (χ2v) is 9.60. The predicted octanol–water partition coefficient (Wildman–Crippen LogP) is 6.24. The number of hydrogen-bond acceptors (Lipinski definition) is 4. The molecular formula is C34H30IrN2O2-2. The third-order valence-electron chi connectivity index (χ3n) is 6.71. The Bertz CT molecular complexity index is 1450. The quantitative estimate of drug-likeness (QED) is 0.210. The summed E-state index contributed by atoms with van der Waals surface area (Å²) < 4.78 is 0. The molecule has 39 heavy (non-hydrogen) atoms. The summed E-state index contributed by atoms with van der Waals surface area (Å²) in [7, 11) is 0. The summed E-state index contributed by atoms with van der Waals surface area (Å²) in [6.07, 6.45) is 3.45. The number of rotatable bonds is 5. The summed E-state index contributed by atoms with van der Waals surface area (Å²) >= 11 is 0. The van der Waals surface area contributed by atoms with Gasteiger partial charge in [-0.1, -0.05) is 36.4 Å². The minimum absolute atomic E-state index is 0. The van der Waals surface area contributed by atoms with Crippen molar-refractivity contribution in [3.05, 3.63) is 144 Å². The van der Waals surface area contributed by atoms with Crippen LogP contribution in [-0.4, -0.2) is 32.4 Å². The molecule has 0 aliphatic heterocycles. The number of aliphatic hydroxyl groups is 2. The molecule has 0 fully saturated rings. The summed E-state index contributed by atoms with van der Waals surface area (Å²) in [5.41, 5.74) is 7.92. The van der Waals surface area contributed by atoms with Gasteiger partial charge in [-0.05, 0) is 49.6 Å². The van der Waals surface area contributed by atoms with Crippen LogP contribution in [0.3, 0.4) is 0 Å². The van der Waals surface area contributed by atoms with Crippen LogP contribution in [-0.2, 0) is 25.5 Å². The van der Waals surface area contributed by atoms with E-state index in [9.17, 15) is 0 Å². The molecule has 0 saturated heterocycles. The molecule has 1 aliphatic rings. The van der Waals surface area contributed by atoms with Gasteiger partial charge in [0.05, 0.1) is 29.0 Å². The predicted molar refractivity (Wildman–Crippen MR) is 150 cm³/mol. The molecule has 3 aromatic carbocycles. The van der Waals surface area contributed by atoms with E-state index in [0.717, 1.165) is 33.6 Å². The maximum absolute atomic E-state index is 8.56. The van der Waals surface area contributed by atoms with Gasteiger partial charge >= 0.3 is 0 Å². The van der Waals surface area contributed by atoms with Crippen molar-refractivity contribution < 1.29 is 30.3 Å². The topological polar surface area (TPSA) is 66.2 Å². The number of fused-ring (bicyclic) bond motifs is 3. The van der Waals surface area contributed by atoms with Gasteiger partial charge in [-0.2, -0.15) is 42.5 Å². The molecule has 2 heterocycles. The molecule has 2 aromatic heterocycles. The molecule has 0 bridgehead atoms. The molecule has 6 rings (SSSR count). The van der Waals surface area contributed by atoms with Gasteiger partial charge in [0.1, 0.15) is 0 Å². The van der Waals surface area contributed by atoms with E-state index in [4.69, 9.17) is 20.2 Å². The monoisotopic (exact) mass is 691 g/mol. The SMILES string of the molecule is CC(O)CC(C)O.[Ir].[c-]1ccccc1-c1[c-]c([C@@]2(c3ccccn3)c3ccccc3-c3cccnc32)ccc1. The van der Waals surface area contributed by atoms with Gasteiger partial charge in [0.15, 0.2) is 0 Å². The molecule has 3 atom stereocenters. The molecule has 4 nitrogen and oxygen atoms in total. The number of pyridine rings is 2. The van der Waals surface area contributed by atoms with Crippen molar-refractivity contribution >= 4 is 0 Å². The number of nitrogens with zero attached hydrogens (tertiary/aromatic N) is 2. The van der Waals surface area contributed by atoms with Crippen LogP contribution < -0.4 is 0 Å². The van der Waals surface area contributed by atoms with E-state index in [2.05, 4.69) is 72.8 Å². The molecule has 0 spiro atoms. The Morgan fingerprint density at radius 2 is 1.41 bits per heavy atom. The van der Waals surface area contributed by atoms with Crippen LogP contribution in [0.1, 0.15) is 42.8 Å². The van der Waals surface area contributed by atoms with Crippen LogP contribution in [0.4, 0.5) is 0 Å². The van der Waals surface area contributed by atoms with Gasteiger partial charge in [0.25, 0.3) is 0 Å². The van der Waals surface area contributed by atoms with Crippen molar-refractivity contribution in [2.75, 3.05) is 0 Å². The van der Waals surface area contributed by atoms with E-state index in [1.54, 1.807) is 13.8 Å². The molecule has 5 heteroatoms. The molecule has 5 aromatic rings. The second-order valence-electron chi connectivity index (χ2n) is 9.60. The van der Waals surface area contributed by atoms with Crippen molar-refractivity contribution in [2.24, 2.45) is 0 Å². The molecule has 199 valence electrons. The Labute approximate surface area is 243 Å². The summed E-state index contributed by atoms with van der Waals surface area (Å²) in [4.78, 5) is 9.76. The maximum atomic E-state index is 8.56. The Hall–Kier alpha value is -3.47. The molecule has 0 saturated carbocycles. The zero-order chi connectivity index (χ0) is 26.5. The van der Waals surface area contributed by atoms with Crippen molar-refractivity contribution in [1.29, 1.82) is 0 Å². The van der Waals surface area contributed by atoms with Gasteiger partial charge in [-0.15, -0.1) is 17.7 Å². The molecular weight excluding hydrogens is 661 g/mol. The summed E-state index contributed by atoms with van der Waals surface area (Å²) in [5, 5.41) is 17.1. The first-order valence-corrected chi connectivity index (χ1v) is 12.8. The fourth-order valence-electron chi connectivity index (χ4n) is 5.25. The Morgan fingerprint density at radius 1 is 0.718 bits per heavy atom. The van der Waals surface area contributed by atoms with E-state index in [-0.39, 0.29) is 32.3 Å². The van der Waals surface area contributed by atoms with Crippen molar-refractivity contribution in [1.82, 2.24) is 9.97 Å². The molecule has 1 aliphatic carbocycles. The van der Waals surface area contributed by atoms with E-state index in [1.165, 1.54) is 11.1 Å². The van der Waals surface area contributed by atoms with Gasteiger partial charge in [-0.25, -0.2) is 11.1 Å². The van der Waals surface area contributed by atoms with Crippen molar-refractivity contribution in [2.45, 2.75) is 37.9 Å². The standard InChI is InChI=1S/C29H18N2.C5H12O2.Ir/c1-2-10-21(11-3-1)22-12-8-13-23(20-22)29(27-17-6-7-18-30-27)26-16-5-4-14-24(26)25-15-9-19-31-28(25)29;1-4(6)3-5(2)7;/h1-10,12-19H;4-7H,3H2,1-2H3;/q-2;;/t29-;;/m0../s1. The average Bonchev–Trinajstić information content (AvgIpc) is 3.25. The third kappa shape index (κ3) is 5.63. The maximum Gasteiger partial charge on any atom is 0.0882 e. The average molecular weight is 691 g/mol. The number of benzene rings is 3. The number of aliphatic hydroxyl groups excluding tert-OH is 2. The van der Waals surface area contributed by atoms with Gasteiger partial charge in [0, 0.05) is 38.1 Å². The first-order valence-electron chi connectivity index (χ1n) is 12.8. The first kappa shape index (κ1) is 28.5. The minimum atomic E-state index is -0.626. The van der Waals surface area contributed by atoms with Crippen LogP contribution in [0.2, 0.25) is 0 Å². The normalized spacial score (nSPS) is 16.5. The van der Waals surface area contributed by atoms with Crippen LogP contribution in [0.15, 0.2) is 109 Å². The fraction of sp³-hybridized carbons (Fsp3) is 0.176. The van der Waals surface area contributed by atoms with Crippen LogP contribution in [0, 0.1) is 12.1 Å². The first-order chi connectivity index (χ1) is 18.5. The Balaban J connectivity index is 0.000000394. The summed E-state index contributed by atoms with van der Waals surface area (Å²) in [6.45, 7) is 3.32.